The Hall–Kier alpha value is -3.03. The van der Waals surface area contributed by atoms with Gasteiger partial charge in [-0.1, -0.05) is 12.1 Å². The molecule has 0 aliphatic carbocycles. The van der Waals surface area contributed by atoms with E-state index < -0.39 is 0 Å². The number of nitrogens with zero attached hydrogens (tertiary/aromatic N) is 5. The molecule has 3 aromatic heterocycles. The van der Waals surface area contributed by atoms with Crippen LogP contribution in [0.1, 0.15) is 35.5 Å². The molecule has 0 radical (unpaired) electrons. The molecular weight excluding hydrogens is 320 g/mol. The molecule has 4 heterocycles. The van der Waals surface area contributed by atoms with Crippen molar-refractivity contribution >= 4 is 5.91 Å². The Balaban J connectivity index is 1.45. The van der Waals surface area contributed by atoms with E-state index in [1.165, 1.54) is 0 Å². The van der Waals surface area contributed by atoms with Crippen molar-refractivity contribution in [3.05, 3.63) is 47.9 Å². The van der Waals surface area contributed by atoms with E-state index in [1.807, 2.05) is 12.1 Å². The predicted molar refractivity (Wildman–Crippen MR) is 88.7 cm³/mol. The van der Waals surface area contributed by atoms with E-state index in [1.54, 1.807) is 18.5 Å². The lowest BCUT2D eigenvalue weighted by molar-refractivity contribution is 0.0918. The summed E-state index contributed by atoms with van der Waals surface area (Å²) in [4.78, 5) is 16.5. The topological polar surface area (TPSA) is 98.7 Å². The molecule has 0 fully saturated rings. The second kappa shape index (κ2) is 6.46. The first-order valence-electron chi connectivity index (χ1n) is 8.33. The zero-order valence-electron chi connectivity index (χ0n) is 13.8. The van der Waals surface area contributed by atoms with E-state index >= 15 is 0 Å². The molecule has 0 unspecified atom stereocenters. The third-order valence-electron chi connectivity index (χ3n) is 4.36. The molecule has 25 heavy (non-hydrogen) atoms. The number of aromatic nitrogens is 5. The van der Waals surface area contributed by atoms with Gasteiger partial charge in [-0.2, -0.15) is 0 Å². The van der Waals surface area contributed by atoms with Gasteiger partial charge in [-0.3, -0.25) is 9.78 Å². The Bertz CT molecular complexity index is 872. The highest BCUT2D eigenvalue weighted by Crippen LogP contribution is 2.20. The van der Waals surface area contributed by atoms with Crippen molar-refractivity contribution in [2.45, 2.75) is 38.8 Å². The number of carbonyl (C=O) groups excluding carboxylic acids is 1. The van der Waals surface area contributed by atoms with Gasteiger partial charge in [0.15, 0.2) is 11.5 Å². The maximum atomic E-state index is 12.5. The Kier molecular flexibility index (Phi) is 4.01. The standard InChI is InChI=1S/C17H18N6O2/c1-2-15-20-21-16-6-5-12(10-23(15)16)19-17(24)13-8-14(25-22-13)11-4-3-7-18-9-11/h3-4,7-9,12H,2,5-6,10H2,1H3,(H,19,24)/t12-/m1/s1. The molecule has 0 saturated heterocycles. The van der Waals surface area contributed by atoms with Gasteiger partial charge in [0.05, 0.1) is 0 Å². The Morgan fingerprint density at radius 1 is 1.44 bits per heavy atom. The van der Waals surface area contributed by atoms with Gasteiger partial charge in [0.2, 0.25) is 0 Å². The second-order valence-corrected chi connectivity index (χ2v) is 6.02. The fourth-order valence-corrected chi connectivity index (χ4v) is 3.05. The van der Waals surface area contributed by atoms with E-state index in [9.17, 15) is 4.79 Å². The Morgan fingerprint density at radius 2 is 2.36 bits per heavy atom. The summed E-state index contributed by atoms with van der Waals surface area (Å²) < 4.78 is 7.36. The first-order valence-corrected chi connectivity index (χ1v) is 8.33. The Labute approximate surface area is 144 Å². The Morgan fingerprint density at radius 3 is 3.16 bits per heavy atom. The maximum absolute atomic E-state index is 12.5. The molecule has 8 nitrogen and oxygen atoms in total. The van der Waals surface area contributed by atoms with Crippen LogP contribution in [-0.2, 0) is 19.4 Å². The van der Waals surface area contributed by atoms with Crippen LogP contribution < -0.4 is 5.32 Å². The summed E-state index contributed by atoms with van der Waals surface area (Å²) in [6.07, 6.45) is 5.81. The number of hydrogen-bond acceptors (Lipinski definition) is 6. The minimum atomic E-state index is -0.238. The smallest absolute Gasteiger partial charge is 0.273 e. The number of fused-ring (bicyclic) bond motifs is 1. The third kappa shape index (κ3) is 3.02. The fourth-order valence-electron chi connectivity index (χ4n) is 3.05. The van der Waals surface area contributed by atoms with E-state index in [4.69, 9.17) is 4.52 Å². The number of aryl methyl sites for hydroxylation is 2. The minimum Gasteiger partial charge on any atom is -0.355 e. The molecule has 1 N–H and O–H groups in total. The molecule has 1 aliphatic rings. The molecule has 0 saturated carbocycles. The molecule has 8 heteroatoms. The summed E-state index contributed by atoms with van der Waals surface area (Å²) in [5.74, 6) is 2.23. The molecular formula is C17H18N6O2. The average molecular weight is 338 g/mol. The molecule has 1 amide bonds. The molecule has 0 spiro atoms. The molecule has 128 valence electrons. The van der Waals surface area contributed by atoms with Gasteiger partial charge in [-0.05, 0) is 18.6 Å². The lowest BCUT2D eigenvalue weighted by Crippen LogP contribution is -2.41. The first kappa shape index (κ1) is 15.5. The summed E-state index contributed by atoms with van der Waals surface area (Å²) in [7, 11) is 0. The number of rotatable bonds is 4. The van der Waals surface area contributed by atoms with Gasteiger partial charge in [0, 0.05) is 49.5 Å². The molecule has 1 atom stereocenters. The van der Waals surface area contributed by atoms with Crippen LogP contribution in [0.15, 0.2) is 35.1 Å². The normalized spacial score (nSPS) is 16.4. The van der Waals surface area contributed by atoms with Crippen LogP contribution in [0.25, 0.3) is 11.3 Å². The number of nitrogens with one attached hydrogen (secondary N) is 1. The van der Waals surface area contributed by atoms with Crippen LogP contribution in [0.5, 0.6) is 0 Å². The van der Waals surface area contributed by atoms with Crippen LogP contribution >= 0.6 is 0 Å². The highest BCUT2D eigenvalue weighted by Gasteiger charge is 2.25. The predicted octanol–water partition coefficient (Wildman–Crippen LogP) is 1.64. The van der Waals surface area contributed by atoms with E-state index in [2.05, 4.69) is 37.1 Å². The van der Waals surface area contributed by atoms with Gasteiger partial charge < -0.3 is 14.4 Å². The lowest BCUT2D eigenvalue weighted by Gasteiger charge is -2.24. The van der Waals surface area contributed by atoms with E-state index in [-0.39, 0.29) is 17.6 Å². The molecule has 4 rings (SSSR count). The zero-order chi connectivity index (χ0) is 17.2. The van der Waals surface area contributed by atoms with Gasteiger partial charge in [0.25, 0.3) is 5.91 Å². The highest BCUT2D eigenvalue weighted by molar-refractivity contribution is 5.93. The quantitative estimate of drug-likeness (QED) is 0.776. The zero-order valence-corrected chi connectivity index (χ0v) is 13.8. The molecule has 0 bridgehead atoms. The summed E-state index contributed by atoms with van der Waals surface area (Å²) in [6.45, 7) is 2.74. The van der Waals surface area contributed by atoms with Gasteiger partial charge >= 0.3 is 0 Å². The summed E-state index contributed by atoms with van der Waals surface area (Å²) in [6, 6.07) is 5.33. The second-order valence-electron chi connectivity index (χ2n) is 6.02. The lowest BCUT2D eigenvalue weighted by atomic mass is 10.1. The van der Waals surface area contributed by atoms with Crippen molar-refractivity contribution in [1.82, 2.24) is 30.2 Å². The van der Waals surface area contributed by atoms with Crippen LogP contribution in [0.2, 0.25) is 0 Å². The minimum absolute atomic E-state index is 0.0276. The average Bonchev–Trinajstić information content (AvgIpc) is 3.29. The SMILES string of the molecule is CCc1nnc2n1C[C@H](NC(=O)c1cc(-c3cccnc3)on1)CC2. The van der Waals surface area contributed by atoms with Crippen molar-refractivity contribution in [2.24, 2.45) is 0 Å². The van der Waals surface area contributed by atoms with Crippen molar-refractivity contribution in [2.75, 3.05) is 0 Å². The van der Waals surface area contributed by atoms with Gasteiger partial charge in [-0.15, -0.1) is 10.2 Å². The van der Waals surface area contributed by atoms with Crippen molar-refractivity contribution in [1.29, 1.82) is 0 Å². The largest absolute Gasteiger partial charge is 0.355 e. The highest BCUT2D eigenvalue weighted by atomic mass is 16.5. The van der Waals surface area contributed by atoms with Crippen molar-refractivity contribution < 1.29 is 9.32 Å². The van der Waals surface area contributed by atoms with Gasteiger partial charge in [-0.25, -0.2) is 0 Å². The van der Waals surface area contributed by atoms with Crippen LogP contribution in [0, 0.1) is 0 Å². The van der Waals surface area contributed by atoms with Crippen LogP contribution in [0.4, 0.5) is 0 Å². The van der Waals surface area contributed by atoms with Crippen molar-refractivity contribution in [3.8, 4) is 11.3 Å². The summed E-state index contributed by atoms with van der Waals surface area (Å²) in [5.41, 5.74) is 1.05. The fraction of sp³-hybridized carbons (Fsp3) is 0.353. The molecule has 3 aromatic rings. The number of hydrogen-bond donors (Lipinski definition) is 1. The third-order valence-corrected chi connectivity index (χ3v) is 4.36. The monoisotopic (exact) mass is 338 g/mol. The maximum Gasteiger partial charge on any atom is 0.273 e. The first-order chi connectivity index (χ1) is 12.2. The summed E-state index contributed by atoms with van der Waals surface area (Å²) >= 11 is 0. The molecule has 1 aliphatic heterocycles. The van der Waals surface area contributed by atoms with Crippen LogP contribution in [-0.4, -0.2) is 36.9 Å². The van der Waals surface area contributed by atoms with E-state index in [0.717, 1.165) is 36.5 Å². The number of carbonyl (C=O) groups is 1. The summed E-state index contributed by atoms with van der Waals surface area (Å²) in [5, 5.41) is 15.3. The van der Waals surface area contributed by atoms with E-state index in [0.29, 0.717) is 12.3 Å². The van der Waals surface area contributed by atoms with Gasteiger partial charge in [0.1, 0.15) is 11.6 Å². The van der Waals surface area contributed by atoms with Crippen molar-refractivity contribution in [3.63, 3.8) is 0 Å². The molecule has 0 aromatic carbocycles. The number of amides is 1. The van der Waals surface area contributed by atoms with Crippen LogP contribution in [0.3, 0.4) is 0 Å². The number of pyridine rings is 1.